The monoisotopic (exact) mass is 1920 g/mol. The van der Waals surface area contributed by atoms with Crippen LogP contribution in [0.5, 0.6) is 0 Å². The van der Waals surface area contributed by atoms with Crippen molar-refractivity contribution in [3.8, 4) is 0 Å². The maximum absolute atomic E-state index is 14.1. The Bertz CT molecular complexity index is 5270. The molecule has 9 atom stereocenters. The molecule has 5 unspecified atom stereocenters. The number of amides is 2. The van der Waals surface area contributed by atoms with Gasteiger partial charge in [0.1, 0.15) is 41.6 Å². The number of β-amino-alcohol motifs (C(OH)–C–C–N with tert-alkyl or cyclic N) is 2. The number of carboxylic acids is 2. The minimum Gasteiger partial charge on any atom is -1.00 e. The van der Waals surface area contributed by atoms with E-state index in [0.717, 1.165) is 94.8 Å². The molecule has 4 aliphatic carbocycles. The third-order valence-corrected chi connectivity index (χ3v) is 22.9. The first kappa shape index (κ1) is 116. The number of carbonyl (C=O) groups is 5. The molecule has 699 valence electrons. The molecule has 3 radical (unpaired) electrons. The van der Waals surface area contributed by atoms with Crippen molar-refractivity contribution in [2.75, 3.05) is 60.6 Å². The van der Waals surface area contributed by atoms with E-state index in [1.54, 1.807) is 84.9 Å². The van der Waals surface area contributed by atoms with Crippen molar-refractivity contribution < 1.29 is 142 Å². The van der Waals surface area contributed by atoms with Crippen LogP contribution in [0.3, 0.4) is 0 Å². The summed E-state index contributed by atoms with van der Waals surface area (Å²) < 4.78 is 69.1. The summed E-state index contributed by atoms with van der Waals surface area (Å²) in [6.45, 7) is 8.84. The molecule has 10 aromatic carbocycles. The van der Waals surface area contributed by atoms with E-state index in [9.17, 15) is 50.8 Å². The number of hydrogen-bond acceptors (Lipinski definition) is 20. The van der Waals surface area contributed by atoms with Crippen molar-refractivity contribution >= 4 is 126 Å². The van der Waals surface area contributed by atoms with E-state index in [-0.39, 0.29) is 154 Å². The van der Waals surface area contributed by atoms with Gasteiger partial charge in [0.15, 0.2) is 0 Å². The Morgan fingerprint density at radius 1 is 0.571 bits per heavy atom. The quantitative estimate of drug-likeness (QED) is 0.00370. The number of carboxylic acid groups (broad SMARTS) is 2. The number of carbonyl (C=O) groups excluding carboxylic acids is 4. The first-order chi connectivity index (χ1) is 61.8. The molecule has 0 aromatic heterocycles. The molecule has 133 heavy (non-hydrogen) atoms. The Morgan fingerprint density at radius 3 is 1.34 bits per heavy atom. The van der Waals surface area contributed by atoms with Crippen LogP contribution >= 0.6 is 35.6 Å². The van der Waals surface area contributed by atoms with Crippen LogP contribution < -0.4 is 119 Å². The van der Waals surface area contributed by atoms with E-state index in [4.69, 9.17) is 71.5 Å². The van der Waals surface area contributed by atoms with Gasteiger partial charge in [-0.1, -0.05) is 169 Å². The van der Waals surface area contributed by atoms with E-state index < -0.39 is 69.6 Å². The van der Waals surface area contributed by atoms with E-state index in [1.807, 2.05) is 124 Å². The van der Waals surface area contributed by atoms with Gasteiger partial charge in [-0.3, -0.25) is 9.59 Å². The summed E-state index contributed by atoms with van der Waals surface area (Å²) in [6.07, 6.45) is 11.6. The summed E-state index contributed by atoms with van der Waals surface area (Å²) in [4.78, 5) is 68.2. The SMILES string of the molecule is CC(C)(C)S(=O)NC(c1ccccc1)c1ccc(F)c(N)c1.Cl.Fc1ccc(C(NCC2CC2)c2ccccc2)cc1NCC1CC1.Nc1cc(C(N)c2ccccc2)ccc1F.Nc1cc(C(NCC2CC2)c2ccccc2)ccc1F.O=C(O)[C@H]1C[C@@H](O)CN1.O=C(O)[C@H]1C[C@@H](O)CN1C(=O)Nc1ccc(Cl)cc1.O=C=Nc1ccc(Cl)cc1.O=CC1CC1.O=CO[O-].[B].[H-].[Na+].[Na+]. The number of aliphatic carboxylic acids is 2. The van der Waals surface area contributed by atoms with Crippen molar-refractivity contribution in [3.63, 3.8) is 0 Å². The Labute approximate surface area is 839 Å². The topological polar surface area (TPSA) is 425 Å². The fraction of sp³-hybridized carbons (Fsp3) is 0.320. The van der Waals surface area contributed by atoms with Crippen molar-refractivity contribution in [2.45, 2.75) is 138 Å². The number of isocyanates is 1. The number of aliphatic imine (C=N–C) groups is 1. The number of hydrogen-bond donors (Lipinski definition) is 14. The molecule has 2 amide bonds. The fourth-order valence-corrected chi connectivity index (χ4v) is 13.9. The van der Waals surface area contributed by atoms with E-state index in [2.05, 4.69) is 77.6 Å². The molecule has 2 heterocycles. The zero-order valence-corrected chi connectivity index (χ0v) is 81.8. The van der Waals surface area contributed by atoms with Crippen LogP contribution in [0.4, 0.5) is 56.5 Å². The largest absolute Gasteiger partial charge is 1.00 e. The number of nitrogens with zero attached hydrogens (tertiary/aromatic N) is 2. The van der Waals surface area contributed by atoms with Crippen LogP contribution in [0.2, 0.25) is 10.0 Å². The minimum absolute atomic E-state index is 0. The van der Waals surface area contributed by atoms with Gasteiger partial charge in [-0.25, -0.2) is 40.9 Å². The number of nitrogens with two attached hydrogens (primary N) is 4. The number of likely N-dealkylation sites (tertiary alicyclic amines) is 1. The third-order valence-electron chi connectivity index (χ3n) is 20.8. The normalized spacial score (nSPS) is 16.8. The number of anilines is 5. The third kappa shape index (κ3) is 41.8. The molecule has 25 nitrogen and oxygen atoms in total. The first-order valence-electron chi connectivity index (χ1n) is 42.0. The molecular formula is C97H113BCl3F4N12Na2O13S. The molecule has 2 saturated heterocycles. The number of aliphatic hydroxyl groups excluding tert-OH is 2. The van der Waals surface area contributed by atoms with E-state index in [0.29, 0.717) is 46.0 Å². The Kier molecular flexibility index (Phi) is 52.4. The number of nitrogen functional groups attached to an aromatic ring is 3. The molecule has 6 aliphatic rings. The summed E-state index contributed by atoms with van der Waals surface area (Å²) >= 11 is 11.3. The predicted octanol–water partition coefficient (Wildman–Crippen LogP) is 9.92. The standard InChI is InChI=1S/C21H25FN2.C17H21FN2OS.C17H19FN2.C13H13FN2.C12H13ClN2O4.C7H4ClNO.C5H9NO3.C4H6O.CH2O3.B.ClH.2Na.H/c22-19-11-10-18(12-20(19)23-13-15-6-7-15)21(24-14-16-8-9-16)17-4-2-1-3-5-17;1-17(2,3)22(21)20-16(12-7-5-4-6-8-12)13-9-10-14(18)15(19)11-13;18-15-9-8-14(10-16(15)19)17(20-11-12-6-7-12)13-4-2-1-3-5-13;14-11-7-6-10(8-12(11)15)13(16)9-4-2-1-3-5-9;13-7-1-3-8(4-2-7)14-12(19)15-6-9(16)5-10(15)11(17)18;8-6-1-3-7(4-2-6)9-5-10;7-3-1-4(5(8)9)6-2-3;5-3-4-1-2-4;2-1-4-3;;;;;/h1-5,10-12,15-16,21,23-24H,6-9,13-14H2;4-11,16,20H,19H2,1-3H3;1-5,8-10,12,17,20H,6-7,11,19H2;1-8,13H,15-16H2;1-4,9-10,16H,5-6H2,(H,14,19)(H,17,18);1-4H;3-4,6-7H,1-2H2,(H,8,9);3-4H,1-2H2;1,3H;;1H;;;/q;;;;;;;;;;;2*+1;-1/p-1/t;;;;9-,10-;;3-,4-;;;;;;;/m....1.1......./s1. The van der Waals surface area contributed by atoms with Crippen molar-refractivity contribution in [1.29, 1.82) is 0 Å². The number of aliphatic hydroxyl groups is 2. The number of aldehydes is 1. The fourth-order valence-electron chi connectivity index (χ4n) is 12.9. The second kappa shape index (κ2) is 60.2. The molecule has 10 aromatic rings. The van der Waals surface area contributed by atoms with Crippen LogP contribution in [0.1, 0.15) is 155 Å². The summed E-state index contributed by atoms with van der Waals surface area (Å²) in [5, 5.41) is 61.0. The second-order valence-electron chi connectivity index (χ2n) is 32.4. The first-order valence-corrected chi connectivity index (χ1v) is 43.9. The molecule has 16 rings (SSSR count). The summed E-state index contributed by atoms with van der Waals surface area (Å²) in [5.41, 5.74) is 33.1. The van der Waals surface area contributed by atoms with Crippen molar-refractivity contribution in [1.82, 2.24) is 25.6 Å². The smallest absolute Gasteiger partial charge is 1.00 e. The zero-order valence-electron chi connectivity index (χ0n) is 75.6. The molecular weight excluding hydrogens is 1810 g/mol. The van der Waals surface area contributed by atoms with Crippen LogP contribution in [0.15, 0.2) is 248 Å². The van der Waals surface area contributed by atoms with Gasteiger partial charge in [0.2, 0.25) is 6.08 Å². The number of urea groups is 1. The second-order valence-corrected chi connectivity index (χ2v) is 35.3. The maximum Gasteiger partial charge on any atom is 1.00 e. The number of nitrogens with one attached hydrogen (secondary N) is 6. The molecule has 2 aliphatic heterocycles. The minimum atomic E-state index is -1.26. The van der Waals surface area contributed by atoms with Crippen molar-refractivity contribution in [2.24, 2.45) is 34.4 Å². The Hall–Kier alpha value is -9.39. The van der Waals surface area contributed by atoms with Gasteiger partial charge < -0.3 is 91.2 Å². The van der Waals surface area contributed by atoms with Gasteiger partial charge in [0, 0.05) is 62.5 Å². The van der Waals surface area contributed by atoms with Gasteiger partial charge in [-0.15, -0.1) is 12.4 Å². The molecule has 6 fully saturated rings. The maximum atomic E-state index is 14.1. The molecule has 18 N–H and O–H groups in total. The van der Waals surface area contributed by atoms with Gasteiger partial charge in [-0.05, 0) is 245 Å². The summed E-state index contributed by atoms with van der Waals surface area (Å²) in [7, 11) is -1.26. The molecule has 0 bridgehead atoms. The molecule has 4 saturated carbocycles. The average molecular weight is 1930 g/mol. The number of halogens is 7. The molecule has 0 spiro atoms. The van der Waals surface area contributed by atoms with Crippen LogP contribution in [-0.2, 0) is 39.8 Å². The zero-order chi connectivity index (χ0) is 93.5. The van der Waals surface area contributed by atoms with Crippen LogP contribution in [0, 0.1) is 46.9 Å². The number of rotatable bonds is 25. The van der Waals surface area contributed by atoms with Gasteiger partial charge in [0.05, 0.1) is 80.5 Å². The van der Waals surface area contributed by atoms with Crippen LogP contribution in [-0.4, -0.2) is 137 Å². The summed E-state index contributed by atoms with van der Waals surface area (Å²) in [6, 6.07) is 70.2. The van der Waals surface area contributed by atoms with Gasteiger partial charge >= 0.3 is 77.1 Å². The molecule has 36 heteroatoms. The number of benzene rings is 10. The van der Waals surface area contributed by atoms with Crippen molar-refractivity contribution in [3.05, 3.63) is 320 Å². The Morgan fingerprint density at radius 2 is 0.970 bits per heavy atom. The summed E-state index contributed by atoms with van der Waals surface area (Å²) in [5.74, 6) is -0.605. The van der Waals surface area contributed by atoms with Crippen LogP contribution in [0.25, 0.3) is 0 Å². The van der Waals surface area contributed by atoms with E-state index in [1.165, 1.54) is 73.9 Å². The van der Waals surface area contributed by atoms with Gasteiger partial charge in [-0.2, -0.15) is 4.99 Å². The van der Waals surface area contributed by atoms with Gasteiger partial charge in [0.25, 0.3) is 6.47 Å². The average Bonchev–Trinajstić information content (AvgIpc) is 1.57. The predicted molar refractivity (Wildman–Crippen MR) is 508 cm³/mol. The Balaban J connectivity index is 0.000000400. The van der Waals surface area contributed by atoms with E-state index >= 15 is 0 Å².